The lowest BCUT2D eigenvalue weighted by molar-refractivity contribution is 0.0935. The Labute approximate surface area is 159 Å². The van der Waals surface area contributed by atoms with Crippen LogP contribution in [0.4, 0.5) is 0 Å². The summed E-state index contributed by atoms with van der Waals surface area (Å²) in [6, 6.07) is 24.6. The molecule has 3 aromatic carbocycles. The summed E-state index contributed by atoms with van der Waals surface area (Å²) in [7, 11) is 1.63. The van der Waals surface area contributed by atoms with Gasteiger partial charge in [0.2, 0.25) is 0 Å². The van der Waals surface area contributed by atoms with Crippen LogP contribution in [0.5, 0.6) is 11.5 Å². The molecule has 0 aliphatic carbocycles. The summed E-state index contributed by atoms with van der Waals surface area (Å²) in [5, 5.41) is 3.03. The minimum absolute atomic E-state index is 0.183. The zero-order chi connectivity index (χ0) is 19.1. The molecule has 0 bridgehead atoms. The number of ether oxygens (including phenoxy) is 2. The van der Waals surface area contributed by atoms with Gasteiger partial charge in [0, 0.05) is 5.56 Å². The number of amides is 1. The van der Waals surface area contributed by atoms with E-state index in [4.69, 9.17) is 9.47 Å². The number of benzene rings is 3. The third kappa shape index (κ3) is 4.67. The summed E-state index contributed by atoms with van der Waals surface area (Å²) >= 11 is 0. The number of rotatable bonds is 7. The first-order chi connectivity index (χ1) is 13.2. The molecular weight excluding hydrogens is 338 g/mol. The molecular formula is C23H23NO3. The van der Waals surface area contributed by atoms with Crippen LogP contribution in [0.2, 0.25) is 0 Å². The van der Waals surface area contributed by atoms with E-state index in [0.29, 0.717) is 17.9 Å². The zero-order valence-electron chi connectivity index (χ0n) is 15.5. The van der Waals surface area contributed by atoms with Crippen LogP contribution in [-0.4, -0.2) is 13.0 Å². The highest BCUT2D eigenvalue weighted by molar-refractivity contribution is 5.97. The Hall–Kier alpha value is -3.27. The van der Waals surface area contributed by atoms with Gasteiger partial charge in [-0.1, -0.05) is 60.7 Å². The minimum atomic E-state index is -0.198. The average Bonchev–Trinajstić information content (AvgIpc) is 2.73. The molecule has 0 saturated carbocycles. The molecule has 4 heteroatoms. The fourth-order valence-electron chi connectivity index (χ4n) is 2.89. The van der Waals surface area contributed by atoms with Crippen molar-refractivity contribution in [2.45, 2.75) is 19.6 Å². The molecule has 0 aliphatic heterocycles. The predicted molar refractivity (Wildman–Crippen MR) is 106 cm³/mol. The van der Waals surface area contributed by atoms with Crippen LogP contribution in [0.1, 0.15) is 34.5 Å². The molecule has 4 nitrogen and oxygen atoms in total. The molecule has 0 saturated heterocycles. The highest BCUT2D eigenvalue weighted by atomic mass is 16.5. The molecule has 0 unspecified atom stereocenters. The Morgan fingerprint density at radius 1 is 0.889 bits per heavy atom. The van der Waals surface area contributed by atoms with Crippen molar-refractivity contribution >= 4 is 5.91 Å². The Morgan fingerprint density at radius 3 is 2.26 bits per heavy atom. The molecule has 1 N–H and O–H groups in total. The molecule has 0 heterocycles. The zero-order valence-corrected chi connectivity index (χ0v) is 15.5. The molecule has 138 valence electrons. The normalized spacial score (nSPS) is 11.5. The van der Waals surface area contributed by atoms with E-state index in [1.54, 1.807) is 13.2 Å². The number of methoxy groups -OCH3 is 1. The van der Waals surface area contributed by atoms with Crippen LogP contribution in [0.25, 0.3) is 0 Å². The molecule has 0 aromatic heterocycles. The van der Waals surface area contributed by atoms with Crippen molar-refractivity contribution in [3.8, 4) is 11.5 Å². The van der Waals surface area contributed by atoms with E-state index >= 15 is 0 Å². The number of carbonyl (C=O) groups is 1. The van der Waals surface area contributed by atoms with Gasteiger partial charge in [0.15, 0.2) is 0 Å². The quantitative estimate of drug-likeness (QED) is 0.660. The van der Waals surface area contributed by atoms with Gasteiger partial charge in [0.25, 0.3) is 5.91 Å². The van der Waals surface area contributed by atoms with Crippen molar-refractivity contribution in [2.24, 2.45) is 0 Å². The number of hydrogen-bond acceptors (Lipinski definition) is 3. The van der Waals surface area contributed by atoms with Gasteiger partial charge in [0.1, 0.15) is 18.1 Å². The van der Waals surface area contributed by atoms with Gasteiger partial charge in [-0.2, -0.15) is 0 Å². The maximum absolute atomic E-state index is 12.8. The van der Waals surface area contributed by atoms with E-state index in [9.17, 15) is 4.79 Å². The topological polar surface area (TPSA) is 47.6 Å². The standard InChI is InChI=1S/C23H23NO3/c1-17(19-12-6-8-14-21(19)26-2)24-23(25)20-13-7-9-15-22(20)27-16-18-10-4-3-5-11-18/h3-15,17H,16H2,1-2H3,(H,24,25)/t17-/m1/s1. The van der Waals surface area contributed by atoms with E-state index in [0.717, 1.165) is 16.9 Å². The number of carbonyl (C=O) groups excluding carboxylic acids is 1. The van der Waals surface area contributed by atoms with Gasteiger partial charge in [-0.3, -0.25) is 4.79 Å². The van der Waals surface area contributed by atoms with Gasteiger partial charge < -0.3 is 14.8 Å². The van der Waals surface area contributed by atoms with Crippen molar-refractivity contribution in [1.29, 1.82) is 0 Å². The van der Waals surface area contributed by atoms with Gasteiger partial charge in [0.05, 0.1) is 18.7 Å². The number of para-hydroxylation sites is 2. The summed E-state index contributed by atoms with van der Waals surface area (Å²) in [5.74, 6) is 1.13. The first-order valence-corrected chi connectivity index (χ1v) is 8.88. The van der Waals surface area contributed by atoms with E-state index in [1.807, 2.05) is 79.7 Å². The summed E-state index contributed by atoms with van der Waals surface area (Å²) in [6.07, 6.45) is 0. The van der Waals surface area contributed by atoms with Crippen molar-refractivity contribution in [3.05, 3.63) is 95.6 Å². The summed E-state index contributed by atoms with van der Waals surface area (Å²) in [5.41, 5.74) is 2.49. The third-order valence-corrected chi connectivity index (χ3v) is 4.32. The molecule has 0 aliphatic rings. The van der Waals surface area contributed by atoms with E-state index in [1.165, 1.54) is 0 Å². The molecule has 0 fully saturated rings. The molecule has 3 rings (SSSR count). The fourth-order valence-corrected chi connectivity index (χ4v) is 2.89. The first kappa shape index (κ1) is 18.5. The van der Waals surface area contributed by atoms with E-state index in [2.05, 4.69) is 5.32 Å². The van der Waals surface area contributed by atoms with Gasteiger partial charge in [-0.15, -0.1) is 0 Å². The lowest BCUT2D eigenvalue weighted by atomic mass is 10.1. The highest BCUT2D eigenvalue weighted by Crippen LogP contribution is 2.26. The van der Waals surface area contributed by atoms with Crippen LogP contribution in [0.15, 0.2) is 78.9 Å². The fraction of sp³-hybridized carbons (Fsp3) is 0.174. The van der Waals surface area contributed by atoms with Crippen molar-refractivity contribution < 1.29 is 14.3 Å². The first-order valence-electron chi connectivity index (χ1n) is 8.88. The van der Waals surface area contributed by atoms with Crippen LogP contribution in [0.3, 0.4) is 0 Å². The molecule has 0 spiro atoms. The van der Waals surface area contributed by atoms with Crippen LogP contribution < -0.4 is 14.8 Å². The summed E-state index contributed by atoms with van der Waals surface area (Å²) in [4.78, 5) is 12.8. The monoisotopic (exact) mass is 361 g/mol. The maximum atomic E-state index is 12.8. The molecule has 0 radical (unpaired) electrons. The van der Waals surface area contributed by atoms with E-state index in [-0.39, 0.29) is 11.9 Å². The van der Waals surface area contributed by atoms with Gasteiger partial charge in [-0.05, 0) is 30.7 Å². The van der Waals surface area contributed by atoms with Crippen molar-refractivity contribution in [1.82, 2.24) is 5.32 Å². The minimum Gasteiger partial charge on any atom is -0.496 e. The van der Waals surface area contributed by atoms with Gasteiger partial charge >= 0.3 is 0 Å². The van der Waals surface area contributed by atoms with Crippen LogP contribution >= 0.6 is 0 Å². The predicted octanol–water partition coefficient (Wildman–Crippen LogP) is 4.77. The molecule has 1 amide bonds. The lowest BCUT2D eigenvalue weighted by Gasteiger charge is -2.18. The van der Waals surface area contributed by atoms with Crippen molar-refractivity contribution in [2.75, 3.05) is 7.11 Å². The third-order valence-electron chi connectivity index (χ3n) is 4.32. The smallest absolute Gasteiger partial charge is 0.255 e. The molecule has 1 atom stereocenters. The number of nitrogens with one attached hydrogen (secondary N) is 1. The Kier molecular flexibility index (Phi) is 6.10. The molecule has 27 heavy (non-hydrogen) atoms. The largest absolute Gasteiger partial charge is 0.496 e. The van der Waals surface area contributed by atoms with E-state index < -0.39 is 0 Å². The Balaban J connectivity index is 1.73. The van der Waals surface area contributed by atoms with Crippen LogP contribution in [0, 0.1) is 0 Å². The second-order valence-electron chi connectivity index (χ2n) is 6.21. The van der Waals surface area contributed by atoms with Crippen LogP contribution in [-0.2, 0) is 6.61 Å². The SMILES string of the molecule is COc1ccccc1[C@@H](C)NC(=O)c1ccccc1OCc1ccccc1. The maximum Gasteiger partial charge on any atom is 0.255 e. The van der Waals surface area contributed by atoms with Gasteiger partial charge in [-0.25, -0.2) is 0 Å². The van der Waals surface area contributed by atoms with Crippen molar-refractivity contribution in [3.63, 3.8) is 0 Å². The lowest BCUT2D eigenvalue weighted by Crippen LogP contribution is -2.27. The Bertz CT molecular complexity index is 893. The summed E-state index contributed by atoms with van der Waals surface area (Å²) < 4.78 is 11.3. The second kappa shape index (κ2) is 8.90. The highest BCUT2D eigenvalue weighted by Gasteiger charge is 2.17. The molecule has 3 aromatic rings. The average molecular weight is 361 g/mol. The summed E-state index contributed by atoms with van der Waals surface area (Å²) in [6.45, 7) is 2.34. The second-order valence-corrected chi connectivity index (χ2v) is 6.21. The Morgan fingerprint density at radius 2 is 1.52 bits per heavy atom. The number of hydrogen-bond donors (Lipinski definition) is 1.